The van der Waals surface area contributed by atoms with E-state index in [1.165, 1.54) is 35.8 Å². The summed E-state index contributed by atoms with van der Waals surface area (Å²) < 4.78 is 10.4. The molecule has 0 radical (unpaired) electrons. The minimum absolute atomic E-state index is 0.0750. The van der Waals surface area contributed by atoms with E-state index in [0.717, 1.165) is 15.4 Å². The molecule has 0 fully saturated rings. The lowest BCUT2D eigenvalue weighted by molar-refractivity contribution is -0.384. The van der Waals surface area contributed by atoms with Crippen molar-refractivity contribution in [2.24, 2.45) is 4.40 Å². The SMILES string of the molecule is O=[N+]([O-])c1ccc(S/C=C/C(=N/Sc2ccccc2)OCc2ccccc2)cc1. The number of ether oxygens (including phenoxy) is 1. The summed E-state index contributed by atoms with van der Waals surface area (Å²) in [6.45, 7) is 0.418. The second kappa shape index (κ2) is 11.1. The van der Waals surface area contributed by atoms with Gasteiger partial charge in [0, 0.05) is 39.9 Å². The molecule has 0 aliphatic carbocycles. The molecule has 0 spiro atoms. The van der Waals surface area contributed by atoms with E-state index in [-0.39, 0.29) is 5.69 Å². The summed E-state index contributed by atoms with van der Waals surface area (Å²) in [5, 5.41) is 12.6. The molecule has 0 bridgehead atoms. The van der Waals surface area contributed by atoms with Crippen LogP contribution < -0.4 is 0 Å². The zero-order chi connectivity index (χ0) is 20.3. The third-order valence-electron chi connectivity index (χ3n) is 3.68. The van der Waals surface area contributed by atoms with Gasteiger partial charge in [0.15, 0.2) is 0 Å². The van der Waals surface area contributed by atoms with Crippen LogP contribution >= 0.6 is 23.7 Å². The summed E-state index contributed by atoms with van der Waals surface area (Å²) in [6.07, 6.45) is 1.80. The van der Waals surface area contributed by atoms with Gasteiger partial charge in [-0.15, -0.1) is 0 Å². The first-order valence-corrected chi connectivity index (χ1v) is 10.4. The van der Waals surface area contributed by atoms with E-state index >= 15 is 0 Å². The van der Waals surface area contributed by atoms with Crippen molar-refractivity contribution in [2.75, 3.05) is 0 Å². The highest BCUT2D eigenvalue weighted by Gasteiger charge is 2.04. The molecule has 7 heteroatoms. The normalized spacial score (nSPS) is 11.5. The molecule has 29 heavy (non-hydrogen) atoms. The van der Waals surface area contributed by atoms with E-state index in [1.807, 2.05) is 66.1 Å². The van der Waals surface area contributed by atoms with Crippen LogP contribution in [-0.4, -0.2) is 10.8 Å². The van der Waals surface area contributed by atoms with Gasteiger partial charge in [0.2, 0.25) is 5.90 Å². The molecule has 146 valence electrons. The molecule has 3 aromatic carbocycles. The largest absolute Gasteiger partial charge is 0.472 e. The second-order valence-corrected chi connectivity index (χ2v) is 7.60. The van der Waals surface area contributed by atoms with E-state index in [0.29, 0.717) is 12.5 Å². The van der Waals surface area contributed by atoms with Crippen LogP contribution in [0, 0.1) is 10.1 Å². The molecule has 0 saturated carbocycles. The smallest absolute Gasteiger partial charge is 0.269 e. The lowest BCUT2D eigenvalue weighted by Gasteiger charge is -2.06. The number of hydrogen-bond acceptors (Lipinski definition) is 6. The third-order valence-corrected chi connectivity index (χ3v) is 5.25. The van der Waals surface area contributed by atoms with Gasteiger partial charge in [-0.25, -0.2) is 0 Å². The fourth-order valence-corrected chi connectivity index (χ4v) is 3.46. The molecule has 0 atom stereocenters. The molecular formula is C22H18N2O3S2. The number of non-ortho nitro benzene ring substituents is 1. The molecule has 0 saturated heterocycles. The Kier molecular flexibility index (Phi) is 7.91. The fourth-order valence-electron chi connectivity index (χ4n) is 2.23. The van der Waals surface area contributed by atoms with Crippen LogP contribution in [0.2, 0.25) is 0 Å². The van der Waals surface area contributed by atoms with Gasteiger partial charge in [-0.05, 0) is 35.2 Å². The molecule has 0 heterocycles. The fraction of sp³-hybridized carbons (Fsp3) is 0.0455. The van der Waals surface area contributed by atoms with Crippen LogP contribution in [0.1, 0.15) is 5.56 Å². The van der Waals surface area contributed by atoms with Crippen molar-refractivity contribution in [2.45, 2.75) is 16.4 Å². The standard InChI is InChI=1S/C22H18N2O3S2/c25-24(26)19-11-13-20(14-12-19)28-16-15-22(23-29-21-9-5-2-6-10-21)27-17-18-7-3-1-4-8-18/h1-16H,17H2/b16-15+,23-22-. The number of nitrogens with zero attached hydrogens (tertiary/aromatic N) is 2. The summed E-state index contributed by atoms with van der Waals surface area (Å²) in [4.78, 5) is 12.2. The van der Waals surface area contributed by atoms with Crippen LogP contribution in [0.15, 0.2) is 111 Å². The zero-order valence-corrected chi connectivity index (χ0v) is 17.0. The topological polar surface area (TPSA) is 64.7 Å². The molecule has 0 aliphatic heterocycles. The Hall–Kier alpha value is -3.03. The zero-order valence-electron chi connectivity index (χ0n) is 15.4. The lowest BCUT2D eigenvalue weighted by atomic mass is 10.2. The Morgan fingerprint density at radius 1 is 0.931 bits per heavy atom. The first kappa shape index (κ1) is 20.7. The number of rotatable bonds is 8. The van der Waals surface area contributed by atoms with Crippen LogP contribution in [0.25, 0.3) is 0 Å². The van der Waals surface area contributed by atoms with E-state index in [1.54, 1.807) is 18.2 Å². The van der Waals surface area contributed by atoms with Gasteiger partial charge in [-0.3, -0.25) is 10.1 Å². The highest BCUT2D eigenvalue weighted by molar-refractivity contribution is 8.02. The van der Waals surface area contributed by atoms with Crippen molar-refractivity contribution >= 4 is 35.3 Å². The van der Waals surface area contributed by atoms with Gasteiger partial charge >= 0.3 is 0 Å². The minimum atomic E-state index is -0.409. The van der Waals surface area contributed by atoms with Crippen molar-refractivity contribution in [1.82, 2.24) is 0 Å². The molecule has 0 unspecified atom stereocenters. The van der Waals surface area contributed by atoms with Gasteiger partial charge < -0.3 is 4.74 Å². The predicted molar refractivity (Wildman–Crippen MR) is 119 cm³/mol. The molecule has 5 nitrogen and oxygen atoms in total. The Bertz CT molecular complexity index is 976. The average molecular weight is 423 g/mol. The Morgan fingerprint density at radius 3 is 2.24 bits per heavy atom. The third kappa shape index (κ3) is 7.14. The van der Waals surface area contributed by atoms with E-state index < -0.39 is 4.92 Å². The Balaban J connectivity index is 1.65. The highest BCUT2D eigenvalue weighted by Crippen LogP contribution is 2.23. The molecule has 0 amide bonds. The van der Waals surface area contributed by atoms with Crippen molar-refractivity contribution in [3.05, 3.63) is 112 Å². The van der Waals surface area contributed by atoms with E-state index in [2.05, 4.69) is 4.40 Å². The number of thioether (sulfide) groups is 1. The van der Waals surface area contributed by atoms with Gasteiger partial charge in [0.25, 0.3) is 5.69 Å². The Labute approximate surface area is 177 Å². The van der Waals surface area contributed by atoms with E-state index in [4.69, 9.17) is 4.74 Å². The number of hydrogen-bond donors (Lipinski definition) is 0. The maximum atomic E-state index is 10.7. The number of nitro groups is 1. The molecule has 0 aliphatic rings. The average Bonchev–Trinajstić information content (AvgIpc) is 2.77. The second-order valence-electron chi connectivity index (χ2n) is 5.78. The molecule has 0 aromatic heterocycles. The quantitative estimate of drug-likeness (QED) is 0.103. The molecule has 0 N–H and O–H groups in total. The summed E-state index contributed by atoms with van der Waals surface area (Å²) in [6, 6.07) is 26.1. The van der Waals surface area contributed by atoms with Gasteiger partial charge in [0.05, 0.1) is 4.92 Å². The van der Waals surface area contributed by atoms with Gasteiger partial charge in [0.1, 0.15) is 6.61 Å². The van der Waals surface area contributed by atoms with Crippen LogP contribution in [0.3, 0.4) is 0 Å². The highest BCUT2D eigenvalue weighted by atomic mass is 32.2. The number of nitro benzene ring substituents is 1. The minimum Gasteiger partial charge on any atom is -0.472 e. The van der Waals surface area contributed by atoms with Crippen molar-refractivity contribution < 1.29 is 9.66 Å². The van der Waals surface area contributed by atoms with Crippen molar-refractivity contribution in [3.8, 4) is 0 Å². The van der Waals surface area contributed by atoms with Crippen LogP contribution in [0.4, 0.5) is 5.69 Å². The summed E-state index contributed by atoms with van der Waals surface area (Å²) in [5.41, 5.74) is 1.13. The maximum absolute atomic E-state index is 10.7. The van der Waals surface area contributed by atoms with Crippen molar-refractivity contribution in [3.63, 3.8) is 0 Å². The monoisotopic (exact) mass is 422 g/mol. The van der Waals surface area contributed by atoms with E-state index in [9.17, 15) is 10.1 Å². The lowest BCUT2D eigenvalue weighted by Crippen LogP contribution is -2.01. The first-order valence-electron chi connectivity index (χ1n) is 8.75. The predicted octanol–water partition coefficient (Wildman–Crippen LogP) is 6.52. The molecular weight excluding hydrogens is 404 g/mol. The summed E-state index contributed by atoms with van der Waals surface area (Å²) in [7, 11) is 0. The Morgan fingerprint density at radius 2 is 1.59 bits per heavy atom. The van der Waals surface area contributed by atoms with Crippen molar-refractivity contribution in [1.29, 1.82) is 0 Å². The van der Waals surface area contributed by atoms with Crippen LogP contribution in [-0.2, 0) is 11.3 Å². The maximum Gasteiger partial charge on any atom is 0.269 e. The molecule has 3 aromatic rings. The van der Waals surface area contributed by atoms with Crippen LogP contribution in [0.5, 0.6) is 0 Å². The van der Waals surface area contributed by atoms with Gasteiger partial charge in [-0.2, -0.15) is 4.40 Å². The molecule has 3 rings (SSSR count). The summed E-state index contributed by atoms with van der Waals surface area (Å²) in [5.74, 6) is 0.497. The number of benzene rings is 3. The first-order chi connectivity index (χ1) is 14.2. The summed E-state index contributed by atoms with van der Waals surface area (Å²) >= 11 is 2.78. The van der Waals surface area contributed by atoms with Gasteiger partial charge in [-0.1, -0.05) is 60.3 Å².